The lowest BCUT2D eigenvalue weighted by Gasteiger charge is -2.20. The highest BCUT2D eigenvalue weighted by molar-refractivity contribution is 6.35. The summed E-state index contributed by atoms with van der Waals surface area (Å²) < 4.78 is 2.21. The second-order valence-electron chi connectivity index (χ2n) is 5.81. The number of fused-ring (bicyclic) bond motifs is 1. The lowest BCUT2D eigenvalue weighted by Crippen LogP contribution is -2.37. The Morgan fingerprint density at radius 3 is 2.68 bits per heavy atom. The highest BCUT2D eigenvalue weighted by Crippen LogP contribution is 2.24. The van der Waals surface area contributed by atoms with E-state index in [1.807, 2.05) is 18.2 Å². The molecule has 1 aromatic heterocycles. The Morgan fingerprint density at radius 1 is 1.32 bits per heavy atom. The highest BCUT2D eigenvalue weighted by Gasteiger charge is 2.13. The molecule has 0 saturated carbocycles. The van der Waals surface area contributed by atoms with E-state index in [0.29, 0.717) is 0 Å². The Hall–Kier alpha value is -1.06. The van der Waals surface area contributed by atoms with Gasteiger partial charge in [-0.25, -0.2) is 4.98 Å². The van der Waals surface area contributed by atoms with E-state index in [4.69, 9.17) is 16.6 Å². The summed E-state index contributed by atoms with van der Waals surface area (Å²) in [6.07, 6.45) is 0.913. The Bertz CT molecular complexity index is 567. The SMILES string of the molecule is CCn1c(CCNC(C)(C)C)nc2cccc(Cl)c21. The first-order valence-corrected chi connectivity index (χ1v) is 7.19. The van der Waals surface area contributed by atoms with Crippen molar-refractivity contribution < 1.29 is 0 Å². The summed E-state index contributed by atoms with van der Waals surface area (Å²) in [6.45, 7) is 10.5. The fraction of sp³-hybridized carbons (Fsp3) is 0.533. The van der Waals surface area contributed by atoms with E-state index in [1.54, 1.807) is 0 Å². The third-order valence-electron chi connectivity index (χ3n) is 3.12. The lowest BCUT2D eigenvalue weighted by molar-refractivity contribution is 0.425. The number of aryl methyl sites for hydroxylation is 1. The smallest absolute Gasteiger partial charge is 0.111 e. The van der Waals surface area contributed by atoms with Crippen LogP contribution in [-0.2, 0) is 13.0 Å². The molecular weight excluding hydrogens is 258 g/mol. The van der Waals surface area contributed by atoms with Crippen molar-refractivity contribution in [1.82, 2.24) is 14.9 Å². The summed E-state index contributed by atoms with van der Waals surface area (Å²) >= 11 is 6.28. The molecule has 0 amide bonds. The zero-order valence-electron chi connectivity index (χ0n) is 12.1. The van der Waals surface area contributed by atoms with E-state index in [2.05, 4.69) is 37.6 Å². The first kappa shape index (κ1) is 14.4. The largest absolute Gasteiger partial charge is 0.327 e. The number of imidazole rings is 1. The number of para-hydroxylation sites is 1. The maximum atomic E-state index is 6.28. The van der Waals surface area contributed by atoms with Crippen LogP contribution in [0.1, 0.15) is 33.5 Å². The van der Waals surface area contributed by atoms with Crippen LogP contribution in [0.15, 0.2) is 18.2 Å². The summed E-state index contributed by atoms with van der Waals surface area (Å²) in [4.78, 5) is 4.70. The molecule has 0 aliphatic carbocycles. The third-order valence-corrected chi connectivity index (χ3v) is 3.42. The van der Waals surface area contributed by atoms with Gasteiger partial charge in [-0.2, -0.15) is 0 Å². The number of benzene rings is 1. The average molecular weight is 280 g/mol. The minimum Gasteiger partial charge on any atom is -0.327 e. The van der Waals surface area contributed by atoms with Gasteiger partial charge in [0.05, 0.1) is 16.1 Å². The Kier molecular flexibility index (Phi) is 4.16. The van der Waals surface area contributed by atoms with Gasteiger partial charge in [0.1, 0.15) is 5.82 Å². The molecule has 1 aromatic carbocycles. The summed E-state index contributed by atoms with van der Waals surface area (Å²) in [5.41, 5.74) is 2.18. The number of hydrogen-bond acceptors (Lipinski definition) is 2. The molecular formula is C15H22ClN3. The molecule has 104 valence electrons. The van der Waals surface area contributed by atoms with Crippen molar-refractivity contribution in [3.8, 4) is 0 Å². The first-order chi connectivity index (χ1) is 8.92. The van der Waals surface area contributed by atoms with Crippen LogP contribution < -0.4 is 5.32 Å². The number of rotatable bonds is 4. The summed E-state index contributed by atoms with van der Waals surface area (Å²) in [5, 5.41) is 4.27. The van der Waals surface area contributed by atoms with Crippen LogP contribution in [0.2, 0.25) is 5.02 Å². The maximum absolute atomic E-state index is 6.28. The van der Waals surface area contributed by atoms with Gasteiger partial charge in [-0.3, -0.25) is 0 Å². The average Bonchev–Trinajstić information content (AvgIpc) is 2.66. The second kappa shape index (κ2) is 5.51. The monoisotopic (exact) mass is 279 g/mol. The van der Waals surface area contributed by atoms with Crippen molar-refractivity contribution in [2.75, 3.05) is 6.54 Å². The molecule has 1 N–H and O–H groups in total. The molecule has 0 bridgehead atoms. The van der Waals surface area contributed by atoms with E-state index >= 15 is 0 Å². The van der Waals surface area contributed by atoms with Crippen molar-refractivity contribution in [3.63, 3.8) is 0 Å². The standard InChI is InChI=1S/C15H22ClN3/c1-5-19-13(9-10-17-15(2,3)4)18-12-8-6-7-11(16)14(12)19/h6-8,17H,5,9-10H2,1-4H3. The Labute approximate surface area is 120 Å². The number of nitrogens with one attached hydrogen (secondary N) is 1. The molecule has 0 spiro atoms. The molecule has 0 atom stereocenters. The predicted molar refractivity (Wildman–Crippen MR) is 81.9 cm³/mol. The third kappa shape index (κ3) is 3.28. The van der Waals surface area contributed by atoms with Crippen LogP contribution >= 0.6 is 11.6 Å². The van der Waals surface area contributed by atoms with Gasteiger partial charge in [0, 0.05) is 25.0 Å². The van der Waals surface area contributed by atoms with Gasteiger partial charge in [0.25, 0.3) is 0 Å². The minimum absolute atomic E-state index is 0.140. The molecule has 0 saturated heterocycles. The van der Waals surface area contributed by atoms with Crippen LogP contribution in [0.3, 0.4) is 0 Å². The molecule has 3 nitrogen and oxygen atoms in total. The van der Waals surface area contributed by atoms with Crippen molar-refractivity contribution >= 4 is 22.6 Å². The zero-order chi connectivity index (χ0) is 14.0. The minimum atomic E-state index is 0.140. The number of hydrogen-bond donors (Lipinski definition) is 1. The van der Waals surface area contributed by atoms with E-state index in [-0.39, 0.29) is 5.54 Å². The molecule has 4 heteroatoms. The molecule has 19 heavy (non-hydrogen) atoms. The quantitative estimate of drug-likeness (QED) is 0.926. The molecule has 2 aromatic rings. The van der Waals surface area contributed by atoms with Crippen LogP contribution in [0.5, 0.6) is 0 Å². The van der Waals surface area contributed by atoms with Crippen LogP contribution in [0.4, 0.5) is 0 Å². The summed E-state index contributed by atoms with van der Waals surface area (Å²) in [7, 11) is 0. The summed E-state index contributed by atoms with van der Waals surface area (Å²) in [6, 6.07) is 5.90. The van der Waals surface area contributed by atoms with Crippen LogP contribution in [0.25, 0.3) is 11.0 Å². The zero-order valence-corrected chi connectivity index (χ0v) is 12.9. The number of halogens is 1. The van der Waals surface area contributed by atoms with Crippen molar-refractivity contribution in [3.05, 3.63) is 29.0 Å². The van der Waals surface area contributed by atoms with Gasteiger partial charge < -0.3 is 9.88 Å². The van der Waals surface area contributed by atoms with E-state index in [0.717, 1.165) is 41.4 Å². The van der Waals surface area contributed by atoms with Gasteiger partial charge in [-0.1, -0.05) is 17.7 Å². The first-order valence-electron chi connectivity index (χ1n) is 6.81. The van der Waals surface area contributed by atoms with Gasteiger partial charge in [0.2, 0.25) is 0 Å². The fourth-order valence-corrected chi connectivity index (χ4v) is 2.54. The molecule has 0 fully saturated rings. The van der Waals surface area contributed by atoms with Crippen LogP contribution in [0, 0.1) is 0 Å². The van der Waals surface area contributed by atoms with E-state index in [1.165, 1.54) is 0 Å². The van der Waals surface area contributed by atoms with E-state index < -0.39 is 0 Å². The molecule has 0 unspecified atom stereocenters. The van der Waals surface area contributed by atoms with E-state index in [9.17, 15) is 0 Å². The predicted octanol–water partition coefficient (Wildman–Crippen LogP) is 3.64. The molecule has 2 rings (SSSR count). The van der Waals surface area contributed by atoms with Gasteiger partial charge in [-0.15, -0.1) is 0 Å². The molecule has 0 radical (unpaired) electrons. The van der Waals surface area contributed by atoms with Gasteiger partial charge >= 0.3 is 0 Å². The maximum Gasteiger partial charge on any atom is 0.111 e. The fourth-order valence-electron chi connectivity index (χ4n) is 2.27. The van der Waals surface area contributed by atoms with Crippen molar-refractivity contribution in [2.24, 2.45) is 0 Å². The lowest BCUT2D eigenvalue weighted by atomic mass is 10.1. The molecule has 0 aliphatic rings. The normalized spacial score (nSPS) is 12.3. The Morgan fingerprint density at radius 2 is 2.05 bits per heavy atom. The second-order valence-corrected chi connectivity index (χ2v) is 6.21. The summed E-state index contributed by atoms with van der Waals surface area (Å²) in [5.74, 6) is 1.10. The number of nitrogens with zero attached hydrogens (tertiary/aromatic N) is 2. The topological polar surface area (TPSA) is 29.9 Å². The van der Waals surface area contributed by atoms with Gasteiger partial charge in [0.15, 0.2) is 0 Å². The molecule has 1 heterocycles. The van der Waals surface area contributed by atoms with Crippen LogP contribution in [-0.4, -0.2) is 21.6 Å². The number of aromatic nitrogens is 2. The van der Waals surface area contributed by atoms with Gasteiger partial charge in [-0.05, 0) is 39.8 Å². The molecule has 0 aliphatic heterocycles. The highest BCUT2D eigenvalue weighted by atomic mass is 35.5. The van der Waals surface area contributed by atoms with Crippen molar-refractivity contribution in [2.45, 2.75) is 46.2 Å². The Balaban J connectivity index is 2.26. The van der Waals surface area contributed by atoms with Crippen molar-refractivity contribution in [1.29, 1.82) is 0 Å².